The molecule has 0 atom stereocenters. The summed E-state index contributed by atoms with van der Waals surface area (Å²) in [6.07, 6.45) is 0. The van der Waals surface area contributed by atoms with E-state index in [1.54, 1.807) is 0 Å². The van der Waals surface area contributed by atoms with Crippen molar-refractivity contribution in [1.82, 2.24) is 0 Å². The molecule has 0 aliphatic heterocycles. The van der Waals surface area contributed by atoms with E-state index in [9.17, 15) is 8.78 Å². The van der Waals surface area contributed by atoms with Crippen LogP contribution in [0.4, 0.5) is 8.78 Å². The molecule has 4 heteroatoms. The molecule has 0 aromatic heterocycles. The van der Waals surface area contributed by atoms with Gasteiger partial charge in [-0.05, 0) is 17.1 Å². The van der Waals surface area contributed by atoms with E-state index in [2.05, 4.69) is 0 Å². The fraction of sp³-hybridized carbons (Fsp3) is 0.250. The minimum atomic E-state index is -0.565. The first-order valence-electron chi connectivity index (χ1n) is 3.86. The third-order valence-corrected chi connectivity index (χ3v) is 1.83. The van der Waals surface area contributed by atoms with E-state index >= 15 is 0 Å². The first-order valence-corrected chi connectivity index (χ1v) is 3.86. The molecule has 0 radical (unpaired) electrons. The van der Waals surface area contributed by atoms with Gasteiger partial charge < -0.3 is 5.73 Å². The monoisotopic (exact) mass is 169 g/mol. The number of hydrogen-bond donors (Lipinski definition) is 1. The molecule has 1 rings (SSSR count). The molecule has 0 unspecified atom stereocenters. The summed E-state index contributed by atoms with van der Waals surface area (Å²) in [5.74, 6) is -1.07. The lowest BCUT2D eigenvalue weighted by Gasteiger charge is -2.05. The maximum Gasteiger partial charge on any atom is 0.158 e. The maximum absolute atomic E-state index is 13.0. The minimum absolute atomic E-state index is 0.178. The van der Waals surface area contributed by atoms with E-state index in [1.165, 1.54) is 6.07 Å². The van der Waals surface area contributed by atoms with Crippen molar-refractivity contribution in [1.29, 1.82) is 0 Å². The van der Waals surface area contributed by atoms with Crippen molar-refractivity contribution in [2.75, 3.05) is 0 Å². The van der Waals surface area contributed by atoms with E-state index in [0.717, 1.165) is 6.07 Å². The van der Waals surface area contributed by atoms with E-state index in [0.29, 0.717) is 18.3 Å². The van der Waals surface area contributed by atoms with E-state index in [-0.39, 0.29) is 6.54 Å². The van der Waals surface area contributed by atoms with Gasteiger partial charge in [-0.3, -0.25) is 0 Å². The molecule has 0 aliphatic carbocycles. The van der Waals surface area contributed by atoms with Gasteiger partial charge in [0.15, 0.2) is 7.28 Å². The van der Waals surface area contributed by atoms with Crippen LogP contribution in [0.3, 0.4) is 0 Å². The standard InChI is InChI=1S/C8H10BF2N/c1-9-8-5(4-12)2-6(10)3-7(8)11/h2-3,9H,4,12H2,1H3. The van der Waals surface area contributed by atoms with Crippen LogP contribution >= 0.6 is 0 Å². The van der Waals surface area contributed by atoms with Gasteiger partial charge in [0.2, 0.25) is 0 Å². The summed E-state index contributed by atoms with van der Waals surface area (Å²) in [5, 5.41) is 0. The van der Waals surface area contributed by atoms with Gasteiger partial charge in [-0.1, -0.05) is 6.82 Å². The smallest absolute Gasteiger partial charge is 0.158 e. The first kappa shape index (κ1) is 9.19. The van der Waals surface area contributed by atoms with Crippen LogP contribution in [0, 0.1) is 11.6 Å². The lowest BCUT2D eigenvalue weighted by molar-refractivity contribution is 0.585. The highest BCUT2D eigenvalue weighted by molar-refractivity contribution is 6.52. The van der Waals surface area contributed by atoms with E-state index < -0.39 is 11.6 Å². The molecule has 12 heavy (non-hydrogen) atoms. The highest BCUT2D eigenvalue weighted by Crippen LogP contribution is 2.04. The average Bonchev–Trinajstić information content (AvgIpc) is 2.03. The molecule has 0 bridgehead atoms. The molecule has 1 aromatic carbocycles. The summed E-state index contributed by atoms with van der Waals surface area (Å²) < 4.78 is 25.6. The van der Waals surface area contributed by atoms with Crippen LogP contribution in [0.5, 0.6) is 0 Å². The Kier molecular flexibility index (Phi) is 2.81. The predicted octanol–water partition coefficient (Wildman–Crippen LogP) is 0.533. The summed E-state index contributed by atoms with van der Waals surface area (Å²) in [6, 6.07) is 2.17. The van der Waals surface area contributed by atoms with Crippen molar-refractivity contribution >= 4 is 12.7 Å². The number of nitrogens with two attached hydrogens (primary N) is 1. The van der Waals surface area contributed by atoms with Gasteiger partial charge in [0.25, 0.3) is 0 Å². The maximum atomic E-state index is 13.0. The number of halogens is 2. The van der Waals surface area contributed by atoms with Gasteiger partial charge in [-0.25, -0.2) is 8.78 Å². The van der Waals surface area contributed by atoms with Crippen molar-refractivity contribution in [3.8, 4) is 0 Å². The Morgan fingerprint density at radius 1 is 1.42 bits per heavy atom. The Hall–Kier alpha value is -0.895. The van der Waals surface area contributed by atoms with Crippen molar-refractivity contribution in [3.05, 3.63) is 29.3 Å². The molecule has 2 N–H and O–H groups in total. The highest BCUT2D eigenvalue weighted by Gasteiger charge is 2.08. The summed E-state index contributed by atoms with van der Waals surface area (Å²) in [4.78, 5) is 0. The quantitative estimate of drug-likeness (QED) is 0.642. The predicted molar refractivity (Wildman–Crippen MR) is 46.9 cm³/mol. The lowest BCUT2D eigenvalue weighted by atomic mass is 9.70. The van der Waals surface area contributed by atoms with Crippen LogP contribution in [0.25, 0.3) is 0 Å². The van der Waals surface area contributed by atoms with E-state index in [4.69, 9.17) is 5.73 Å². The molecule has 0 heterocycles. The third kappa shape index (κ3) is 1.64. The Bertz CT molecular complexity index is 289. The zero-order valence-electron chi connectivity index (χ0n) is 6.90. The third-order valence-electron chi connectivity index (χ3n) is 1.83. The largest absolute Gasteiger partial charge is 0.327 e. The van der Waals surface area contributed by atoms with Gasteiger partial charge >= 0.3 is 0 Å². The molecular weight excluding hydrogens is 159 g/mol. The Morgan fingerprint density at radius 2 is 2.08 bits per heavy atom. The molecule has 1 aromatic rings. The van der Waals surface area contributed by atoms with Crippen LogP contribution in [-0.2, 0) is 6.54 Å². The molecule has 0 fully saturated rings. The van der Waals surface area contributed by atoms with Crippen molar-refractivity contribution in [2.45, 2.75) is 13.4 Å². The molecule has 0 saturated heterocycles. The first-order chi connectivity index (χ1) is 5.69. The summed E-state index contributed by atoms with van der Waals surface area (Å²) >= 11 is 0. The molecule has 1 nitrogen and oxygen atoms in total. The summed E-state index contributed by atoms with van der Waals surface area (Å²) in [5.41, 5.74) is 6.39. The Balaban J connectivity index is 3.24. The molecule has 64 valence electrons. The second-order valence-electron chi connectivity index (χ2n) is 2.58. The lowest BCUT2D eigenvalue weighted by Crippen LogP contribution is -2.23. The van der Waals surface area contributed by atoms with Crippen LogP contribution in [-0.4, -0.2) is 7.28 Å². The molecule has 0 spiro atoms. The fourth-order valence-electron chi connectivity index (χ4n) is 1.23. The zero-order valence-corrected chi connectivity index (χ0v) is 6.90. The van der Waals surface area contributed by atoms with Gasteiger partial charge in [-0.2, -0.15) is 0 Å². The summed E-state index contributed by atoms with van der Waals surface area (Å²) in [7, 11) is 0.540. The topological polar surface area (TPSA) is 26.0 Å². The normalized spacial score (nSPS) is 10.0. The van der Waals surface area contributed by atoms with Crippen molar-refractivity contribution < 1.29 is 8.78 Å². The van der Waals surface area contributed by atoms with Gasteiger partial charge in [-0.15, -0.1) is 0 Å². The second kappa shape index (κ2) is 3.67. The molecule has 0 aliphatic rings. The van der Waals surface area contributed by atoms with Gasteiger partial charge in [0, 0.05) is 12.6 Å². The molecule has 0 saturated carbocycles. The van der Waals surface area contributed by atoms with Crippen LogP contribution in [0.2, 0.25) is 6.82 Å². The Labute approximate surface area is 70.8 Å². The number of hydrogen-bond acceptors (Lipinski definition) is 1. The second-order valence-corrected chi connectivity index (χ2v) is 2.58. The van der Waals surface area contributed by atoms with Crippen LogP contribution in [0.15, 0.2) is 12.1 Å². The van der Waals surface area contributed by atoms with E-state index in [1.807, 2.05) is 6.82 Å². The average molecular weight is 169 g/mol. The van der Waals surface area contributed by atoms with Crippen molar-refractivity contribution in [3.63, 3.8) is 0 Å². The zero-order chi connectivity index (χ0) is 9.14. The number of benzene rings is 1. The molecule has 0 amide bonds. The van der Waals surface area contributed by atoms with Crippen molar-refractivity contribution in [2.24, 2.45) is 5.73 Å². The van der Waals surface area contributed by atoms with Gasteiger partial charge in [0.1, 0.15) is 11.6 Å². The molecular formula is C8H10BF2N. The van der Waals surface area contributed by atoms with Crippen LogP contribution < -0.4 is 11.2 Å². The van der Waals surface area contributed by atoms with Crippen LogP contribution in [0.1, 0.15) is 5.56 Å². The Morgan fingerprint density at radius 3 is 2.58 bits per heavy atom. The van der Waals surface area contributed by atoms with Gasteiger partial charge in [0.05, 0.1) is 0 Å². The highest BCUT2D eigenvalue weighted by atomic mass is 19.1. The number of rotatable bonds is 2. The summed E-state index contributed by atoms with van der Waals surface area (Å²) in [6.45, 7) is 1.99. The SMILES string of the molecule is CBc1c(F)cc(F)cc1CN. The fourth-order valence-corrected chi connectivity index (χ4v) is 1.23. The minimum Gasteiger partial charge on any atom is -0.327 e.